The van der Waals surface area contributed by atoms with Crippen molar-refractivity contribution in [1.29, 1.82) is 0 Å². The van der Waals surface area contributed by atoms with Crippen LogP contribution in [0.2, 0.25) is 0 Å². The number of esters is 3. The fourth-order valence-corrected chi connectivity index (χ4v) is 10.8. The van der Waals surface area contributed by atoms with Gasteiger partial charge in [-0.3, -0.25) is 14.4 Å². The molecule has 82 heavy (non-hydrogen) atoms. The molecule has 1 unspecified atom stereocenters. The zero-order chi connectivity index (χ0) is 59.2. The number of hydrogen-bond donors (Lipinski definition) is 0. The molecule has 0 radical (unpaired) electrons. The lowest BCUT2D eigenvalue weighted by Crippen LogP contribution is -2.30. The number of unbranched alkanes of at least 4 members (excludes halogenated alkanes) is 46. The molecule has 0 saturated carbocycles. The highest BCUT2D eigenvalue weighted by molar-refractivity contribution is 5.71. The van der Waals surface area contributed by atoms with E-state index in [4.69, 9.17) is 14.2 Å². The number of carbonyl (C=O) groups is 3. The third-order valence-electron chi connectivity index (χ3n) is 16.3. The van der Waals surface area contributed by atoms with Gasteiger partial charge in [0, 0.05) is 19.3 Å². The fraction of sp³-hybridized carbons (Fsp3) is 0.829. The first-order chi connectivity index (χ1) is 40.5. The minimum Gasteiger partial charge on any atom is -0.462 e. The molecule has 478 valence electrons. The molecule has 0 amide bonds. The Labute approximate surface area is 510 Å². The SMILES string of the molecule is CC/C=C\C/C=C\C/C=C\C/C=C\CCCCCCCCCCCCCCCCCCCCC(=O)OCC(COC(=O)CCCCCCCCCCCCCCCCCC)OC(=O)CCCCCCCCC/C=C\CCCCCCCC. The van der Waals surface area contributed by atoms with E-state index in [0.29, 0.717) is 19.3 Å². The number of carbonyl (C=O) groups excluding carboxylic acids is 3. The van der Waals surface area contributed by atoms with Gasteiger partial charge in [-0.15, -0.1) is 0 Å². The minimum absolute atomic E-state index is 0.0692. The Bertz CT molecular complexity index is 1460. The molecule has 0 aliphatic carbocycles. The van der Waals surface area contributed by atoms with Crippen LogP contribution in [0.15, 0.2) is 60.8 Å². The topological polar surface area (TPSA) is 78.9 Å². The molecule has 0 spiro atoms. The lowest BCUT2D eigenvalue weighted by molar-refractivity contribution is -0.167. The highest BCUT2D eigenvalue weighted by Crippen LogP contribution is 2.18. The number of ether oxygens (including phenoxy) is 3. The molecule has 1 atom stereocenters. The Hall–Kier alpha value is -2.89. The summed E-state index contributed by atoms with van der Waals surface area (Å²) < 4.78 is 17.0. The first kappa shape index (κ1) is 79.1. The summed E-state index contributed by atoms with van der Waals surface area (Å²) in [5, 5.41) is 0. The van der Waals surface area contributed by atoms with Crippen molar-refractivity contribution in [2.24, 2.45) is 0 Å². The van der Waals surface area contributed by atoms with Gasteiger partial charge in [0.15, 0.2) is 6.10 Å². The van der Waals surface area contributed by atoms with E-state index in [9.17, 15) is 14.4 Å². The van der Waals surface area contributed by atoms with Crippen LogP contribution in [0.4, 0.5) is 0 Å². The normalized spacial score (nSPS) is 12.4. The third kappa shape index (κ3) is 67.9. The van der Waals surface area contributed by atoms with Gasteiger partial charge in [-0.1, -0.05) is 345 Å². The van der Waals surface area contributed by atoms with Crippen molar-refractivity contribution in [3.8, 4) is 0 Å². The zero-order valence-corrected chi connectivity index (χ0v) is 55.0. The molecule has 0 saturated heterocycles. The van der Waals surface area contributed by atoms with Crippen molar-refractivity contribution in [2.75, 3.05) is 13.2 Å². The van der Waals surface area contributed by atoms with Crippen LogP contribution in [0, 0.1) is 0 Å². The van der Waals surface area contributed by atoms with Crippen molar-refractivity contribution in [3.05, 3.63) is 60.8 Å². The van der Waals surface area contributed by atoms with Gasteiger partial charge in [0.1, 0.15) is 13.2 Å². The van der Waals surface area contributed by atoms with Crippen LogP contribution in [0.25, 0.3) is 0 Å². The molecule has 6 heteroatoms. The maximum Gasteiger partial charge on any atom is 0.306 e. The smallest absolute Gasteiger partial charge is 0.306 e. The van der Waals surface area contributed by atoms with Gasteiger partial charge in [0.05, 0.1) is 0 Å². The summed E-state index contributed by atoms with van der Waals surface area (Å²) >= 11 is 0. The average molecular weight is 1150 g/mol. The predicted molar refractivity (Wildman–Crippen MR) is 358 cm³/mol. The van der Waals surface area contributed by atoms with Crippen LogP contribution in [0.5, 0.6) is 0 Å². The van der Waals surface area contributed by atoms with Crippen molar-refractivity contribution in [2.45, 2.75) is 393 Å². The maximum atomic E-state index is 12.9. The van der Waals surface area contributed by atoms with Gasteiger partial charge in [0.2, 0.25) is 0 Å². The van der Waals surface area contributed by atoms with E-state index in [2.05, 4.69) is 81.5 Å². The average Bonchev–Trinajstić information content (AvgIpc) is 3.48. The van der Waals surface area contributed by atoms with Crippen LogP contribution in [-0.4, -0.2) is 37.2 Å². The summed E-state index contributed by atoms with van der Waals surface area (Å²) in [6.07, 6.45) is 91.1. The molecule has 0 heterocycles. The van der Waals surface area contributed by atoms with E-state index in [1.807, 2.05) is 0 Å². The second kappa shape index (κ2) is 70.6. The third-order valence-corrected chi connectivity index (χ3v) is 16.3. The maximum absolute atomic E-state index is 12.9. The van der Waals surface area contributed by atoms with Crippen molar-refractivity contribution in [3.63, 3.8) is 0 Å². The summed E-state index contributed by atoms with van der Waals surface area (Å²) in [4.78, 5) is 38.5. The molecule has 0 aromatic heterocycles. The second-order valence-electron chi connectivity index (χ2n) is 24.5. The van der Waals surface area contributed by atoms with Crippen LogP contribution >= 0.6 is 0 Å². The van der Waals surface area contributed by atoms with E-state index in [1.54, 1.807) is 0 Å². The molecule has 0 fully saturated rings. The quantitative estimate of drug-likeness (QED) is 0.0261. The lowest BCUT2D eigenvalue weighted by atomic mass is 10.0. The van der Waals surface area contributed by atoms with Crippen LogP contribution in [0.1, 0.15) is 387 Å². The summed E-state index contributed by atoms with van der Waals surface area (Å²) in [6.45, 7) is 6.59. The lowest BCUT2D eigenvalue weighted by Gasteiger charge is -2.18. The van der Waals surface area contributed by atoms with Gasteiger partial charge in [0.25, 0.3) is 0 Å². The van der Waals surface area contributed by atoms with Gasteiger partial charge in [-0.25, -0.2) is 0 Å². The Balaban J connectivity index is 4.20. The Morgan fingerprint density at radius 1 is 0.256 bits per heavy atom. The number of allylic oxidation sites excluding steroid dienone is 10. The first-order valence-electron chi connectivity index (χ1n) is 36.3. The first-order valence-corrected chi connectivity index (χ1v) is 36.3. The molecule has 0 aromatic carbocycles. The Kier molecular flexibility index (Phi) is 68.1. The van der Waals surface area contributed by atoms with E-state index in [0.717, 1.165) is 83.5 Å². The molecule has 0 bridgehead atoms. The van der Waals surface area contributed by atoms with Gasteiger partial charge in [-0.05, 0) is 83.5 Å². The monoisotopic (exact) mass is 1150 g/mol. The van der Waals surface area contributed by atoms with E-state index in [-0.39, 0.29) is 31.1 Å². The molecule has 0 rings (SSSR count). The second-order valence-corrected chi connectivity index (χ2v) is 24.5. The zero-order valence-electron chi connectivity index (χ0n) is 55.0. The van der Waals surface area contributed by atoms with Crippen molar-refractivity contribution in [1.82, 2.24) is 0 Å². The van der Waals surface area contributed by atoms with Gasteiger partial charge < -0.3 is 14.2 Å². The van der Waals surface area contributed by atoms with Crippen LogP contribution in [-0.2, 0) is 28.6 Å². The highest BCUT2D eigenvalue weighted by atomic mass is 16.6. The molecule has 0 aliphatic rings. The summed E-state index contributed by atoms with van der Waals surface area (Å²) in [5.41, 5.74) is 0. The number of rotatable bonds is 67. The summed E-state index contributed by atoms with van der Waals surface area (Å²) in [5.74, 6) is -0.845. The largest absolute Gasteiger partial charge is 0.462 e. The molecular weight excluding hydrogens is 1010 g/mol. The minimum atomic E-state index is -0.774. The van der Waals surface area contributed by atoms with Gasteiger partial charge in [-0.2, -0.15) is 0 Å². The van der Waals surface area contributed by atoms with E-state index in [1.165, 1.54) is 263 Å². The molecule has 0 aliphatic heterocycles. The molecule has 0 aromatic rings. The van der Waals surface area contributed by atoms with Crippen molar-refractivity contribution < 1.29 is 28.6 Å². The van der Waals surface area contributed by atoms with Crippen LogP contribution in [0.3, 0.4) is 0 Å². The van der Waals surface area contributed by atoms with E-state index < -0.39 is 6.10 Å². The molecule has 6 nitrogen and oxygen atoms in total. The summed E-state index contributed by atoms with van der Waals surface area (Å²) in [7, 11) is 0. The standard InChI is InChI=1S/C76H138O6/c1-4-7-10-13-16-19-22-25-28-31-32-33-34-35-36-37-38-39-40-41-42-43-44-46-48-51-54-57-60-63-66-69-75(78)81-72-73(71-80-74(77)68-65-62-59-56-53-50-47-30-27-24-21-18-15-12-9-6-3)82-76(79)70-67-64-61-58-55-52-49-45-29-26-23-20-17-14-11-8-5-2/h7,10,16,19,25-26,28-29,32-33,73H,4-6,8-9,11-15,17-18,20-24,27,30-31,34-72H2,1-3H3/b10-7-,19-16-,28-25-,29-26-,33-32-. The van der Waals surface area contributed by atoms with Crippen LogP contribution < -0.4 is 0 Å². The molecule has 0 N–H and O–H groups in total. The molecular formula is C76H138O6. The fourth-order valence-electron chi connectivity index (χ4n) is 10.8. The van der Waals surface area contributed by atoms with E-state index >= 15 is 0 Å². The van der Waals surface area contributed by atoms with Gasteiger partial charge >= 0.3 is 17.9 Å². The van der Waals surface area contributed by atoms with Crippen molar-refractivity contribution >= 4 is 17.9 Å². The number of hydrogen-bond acceptors (Lipinski definition) is 6. The predicted octanol–water partition coefficient (Wildman–Crippen LogP) is 25.1. The highest BCUT2D eigenvalue weighted by Gasteiger charge is 2.19. The Morgan fingerprint density at radius 3 is 0.756 bits per heavy atom. The Morgan fingerprint density at radius 2 is 0.476 bits per heavy atom. The summed E-state index contributed by atoms with van der Waals surface area (Å²) in [6, 6.07) is 0.